The molecule has 3 N–H and O–H groups in total. The first-order valence-corrected chi connectivity index (χ1v) is 7.38. The molecule has 1 aromatic rings. The van der Waals surface area contributed by atoms with Gasteiger partial charge >= 0.3 is 0 Å². The van der Waals surface area contributed by atoms with Crippen molar-refractivity contribution in [2.45, 2.75) is 6.10 Å². The Morgan fingerprint density at radius 3 is 2.67 bits per heavy atom. The van der Waals surface area contributed by atoms with E-state index in [-0.39, 0.29) is 6.61 Å². The number of β-amino-alcohol motifs (C(OH)–C–C–N with tert-alkyl or cyclic N) is 1. The third kappa shape index (κ3) is 2.72. The number of fused-ring (bicyclic) bond motifs is 1. The molecule has 0 aromatic heterocycles. The summed E-state index contributed by atoms with van der Waals surface area (Å²) in [6, 6.07) is 3.49. The Labute approximate surface area is 127 Å². The van der Waals surface area contributed by atoms with Crippen LogP contribution in [-0.4, -0.2) is 60.4 Å². The van der Waals surface area contributed by atoms with Gasteiger partial charge in [0.05, 0.1) is 17.3 Å². The normalized spacial score (nSPS) is 22.3. The molecule has 6 nitrogen and oxygen atoms in total. The number of nitrogens with zero attached hydrogens (tertiary/aromatic N) is 2. The van der Waals surface area contributed by atoms with Crippen molar-refractivity contribution in [2.24, 2.45) is 0 Å². The van der Waals surface area contributed by atoms with Crippen molar-refractivity contribution < 1.29 is 15.0 Å². The Hall–Kier alpha value is -1.34. The lowest BCUT2D eigenvalue weighted by Crippen LogP contribution is -2.47. The molecular weight excluding hydrogens is 294 g/mol. The van der Waals surface area contributed by atoms with Crippen molar-refractivity contribution in [3.8, 4) is 0 Å². The molecule has 1 fully saturated rings. The first-order chi connectivity index (χ1) is 10.1. The van der Waals surface area contributed by atoms with Crippen LogP contribution in [-0.2, 0) is 4.79 Å². The summed E-state index contributed by atoms with van der Waals surface area (Å²) in [5.74, 6) is -0.411. The number of aliphatic hydroxyl groups excluding tert-OH is 2. The first kappa shape index (κ1) is 14.6. The zero-order chi connectivity index (χ0) is 15.0. The highest BCUT2D eigenvalue weighted by atomic mass is 35.5. The number of hydrogen-bond acceptors (Lipinski definition) is 5. The number of nitrogens with one attached hydrogen (secondary N) is 1. The van der Waals surface area contributed by atoms with Gasteiger partial charge in [0.2, 0.25) is 0 Å². The van der Waals surface area contributed by atoms with Crippen LogP contribution in [0.15, 0.2) is 12.1 Å². The Morgan fingerprint density at radius 2 is 2.00 bits per heavy atom. The van der Waals surface area contributed by atoms with Crippen LogP contribution in [0, 0.1) is 0 Å². The summed E-state index contributed by atoms with van der Waals surface area (Å²) in [4.78, 5) is 15.9. The number of carbonyl (C=O) groups excluding carboxylic acids is 1. The summed E-state index contributed by atoms with van der Waals surface area (Å²) < 4.78 is 0. The first-order valence-electron chi connectivity index (χ1n) is 7.00. The van der Waals surface area contributed by atoms with E-state index in [0.717, 1.165) is 31.9 Å². The van der Waals surface area contributed by atoms with E-state index in [1.165, 1.54) is 0 Å². The molecule has 114 valence electrons. The maximum atomic E-state index is 11.5. The summed E-state index contributed by atoms with van der Waals surface area (Å²) in [5, 5.41) is 21.9. The molecule has 0 bridgehead atoms. The summed E-state index contributed by atoms with van der Waals surface area (Å²) in [5.41, 5.74) is 2.03. The Morgan fingerprint density at radius 1 is 1.29 bits per heavy atom. The highest BCUT2D eigenvalue weighted by molar-refractivity contribution is 6.33. The molecular formula is C14H18ClN3O3. The van der Waals surface area contributed by atoms with Gasteiger partial charge in [-0.3, -0.25) is 9.69 Å². The molecule has 21 heavy (non-hydrogen) atoms. The van der Waals surface area contributed by atoms with E-state index in [0.29, 0.717) is 22.8 Å². The lowest BCUT2D eigenvalue weighted by Gasteiger charge is -2.36. The molecule has 2 aliphatic heterocycles. The van der Waals surface area contributed by atoms with E-state index in [1.54, 1.807) is 6.07 Å². The van der Waals surface area contributed by atoms with Crippen molar-refractivity contribution in [1.82, 2.24) is 4.90 Å². The molecule has 0 spiro atoms. The Kier molecular flexibility index (Phi) is 4.03. The number of amides is 1. The number of piperazine rings is 1. The average Bonchev–Trinajstić information content (AvgIpc) is 2.75. The number of benzene rings is 1. The second kappa shape index (κ2) is 5.81. The van der Waals surface area contributed by atoms with Gasteiger partial charge < -0.3 is 20.4 Å². The van der Waals surface area contributed by atoms with Gasteiger partial charge in [-0.05, 0) is 12.1 Å². The van der Waals surface area contributed by atoms with E-state index in [2.05, 4.69) is 15.1 Å². The van der Waals surface area contributed by atoms with E-state index in [4.69, 9.17) is 16.7 Å². The van der Waals surface area contributed by atoms with Crippen LogP contribution < -0.4 is 10.2 Å². The Bertz CT molecular complexity index is 559. The highest BCUT2D eigenvalue weighted by Crippen LogP contribution is 2.39. The van der Waals surface area contributed by atoms with Crippen LogP contribution in [0.2, 0.25) is 5.02 Å². The molecule has 1 aromatic carbocycles. The molecule has 1 unspecified atom stereocenters. The van der Waals surface area contributed by atoms with Crippen LogP contribution in [0.4, 0.5) is 11.4 Å². The standard InChI is InChI=1S/C14H18ClN3O3/c15-10-7-9-11(16-14(21)13(9)20)8-12(10)18-3-1-17(2-4-18)5-6-19/h7-8,13,19-20H,1-6H2,(H,16,21). The lowest BCUT2D eigenvalue weighted by atomic mass is 10.1. The molecule has 1 atom stereocenters. The van der Waals surface area contributed by atoms with Crippen molar-refractivity contribution >= 4 is 28.9 Å². The van der Waals surface area contributed by atoms with Crippen molar-refractivity contribution in [2.75, 3.05) is 49.5 Å². The van der Waals surface area contributed by atoms with E-state index >= 15 is 0 Å². The fraction of sp³-hybridized carbons (Fsp3) is 0.500. The largest absolute Gasteiger partial charge is 0.395 e. The second-order valence-corrected chi connectivity index (χ2v) is 5.74. The minimum absolute atomic E-state index is 0.170. The predicted molar refractivity (Wildman–Crippen MR) is 80.8 cm³/mol. The van der Waals surface area contributed by atoms with Crippen LogP contribution in [0.1, 0.15) is 11.7 Å². The molecule has 1 saturated heterocycles. The molecule has 0 radical (unpaired) electrons. The number of rotatable bonds is 3. The molecule has 0 aliphatic carbocycles. The van der Waals surface area contributed by atoms with Gasteiger partial charge in [-0.15, -0.1) is 0 Å². The summed E-state index contributed by atoms with van der Waals surface area (Å²) in [6.07, 6.45) is -1.13. The van der Waals surface area contributed by atoms with Crippen LogP contribution >= 0.6 is 11.6 Å². The van der Waals surface area contributed by atoms with Gasteiger partial charge in [-0.2, -0.15) is 0 Å². The fourth-order valence-corrected chi connectivity index (χ4v) is 3.14. The Balaban J connectivity index is 1.78. The summed E-state index contributed by atoms with van der Waals surface area (Å²) in [7, 11) is 0. The van der Waals surface area contributed by atoms with Crippen molar-refractivity contribution in [1.29, 1.82) is 0 Å². The molecule has 2 aliphatic rings. The summed E-state index contributed by atoms with van der Waals surface area (Å²) in [6.45, 7) is 4.22. The predicted octanol–water partition coefficient (Wildman–Crippen LogP) is 0.440. The zero-order valence-corrected chi connectivity index (χ0v) is 12.3. The monoisotopic (exact) mass is 311 g/mol. The molecule has 2 heterocycles. The fourth-order valence-electron chi connectivity index (χ4n) is 2.85. The van der Waals surface area contributed by atoms with Gasteiger partial charge in [0.15, 0.2) is 6.10 Å². The van der Waals surface area contributed by atoms with Crippen molar-refractivity contribution in [3.05, 3.63) is 22.7 Å². The number of hydrogen-bond donors (Lipinski definition) is 3. The third-order valence-electron chi connectivity index (χ3n) is 4.05. The maximum absolute atomic E-state index is 11.5. The summed E-state index contributed by atoms with van der Waals surface area (Å²) >= 11 is 6.31. The number of anilines is 2. The zero-order valence-electron chi connectivity index (χ0n) is 11.5. The van der Waals surface area contributed by atoms with Gasteiger partial charge in [0.1, 0.15) is 0 Å². The van der Waals surface area contributed by atoms with E-state index < -0.39 is 12.0 Å². The second-order valence-electron chi connectivity index (χ2n) is 5.33. The number of carbonyl (C=O) groups is 1. The minimum atomic E-state index is -1.13. The van der Waals surface area contributed by atoms with Crippen LogP contribution in [0.5, 0.6) is 0 Å². The van der Waals surface area contributed by atoms with Crippen LogP contribution in [0.3, 0.4) is 0 Å². The third-order valence-corrected chi connectivity index (χ3v) is 4.35. The van der Waals surface area contributed by atoms with Gasteiger partial charge in [-0.25, -0.2) is 0 Å². The van der Waals surface area contributed by atoms with E-state index in [9.17, 15) is 9.90 Å². The van der Waals surface area contributed by atoms with Crippen LogP contribution in [0.25, 0.3) is 0 Å². The average molecular weight is 312 g/mol. The minimum Gasteiger partial charge on any atom is -0.395 e. The topological polar surface area (TPSA) is 76.0 Å². The molecule has 3 rings (SSSR count). The van der Waals surface area contributed by atoms with Gasteiger partial charge in [0.25, 0.3) is 5.91 Å². The number of halogens is 1. The maximum Gasteiger partial charge on any atom is 0.257 e. The highest BCUT2D eigenvalue weighted by Gasteiger charge is 2.30. The molecule has 0 saturated carbocycles. The molecule has 1 amide bonds. The van der Waals surface area contributed by atoms with Crippen molar-refractivity contribution in [3.63, 3.8) is 0 Å². The lowest BCUT2D eigenvalue weighted by molar-refractivity contribution is -0.123. The molecule has 7 heteroatoms. The SMILES string of the molecule is O=C1Nc2cc(N3CCN(CCO)CC3)c(Cl)cc2C1O. The van der Waals surface area contributed by atoms with Gasteiger partial charge in [-0.1, -0.05) is 11.6 Å². The quantitative estimate of drug-likeness (QED) is 0.755. The van der Waals surface area contributed by atoms with Gasteiger partial charge in [0, 0.05) is 44.0 Å². The van der Waals surface area contributed by atoms with E-state index in [1.807, 2.05) is 6.07 Å². The smallest absolute Gasteiger partial charge is 0.257 e. The number of aliphatic hydroxyl groups is 2.